The summed E-state index contributed by atoms with van der Waals surface area (Å²) in [6, 6.07) is 5.88. The first-order valence-electron chi connectivity index (χ1n) is 14.3. The van der Waals surface area contributed by atoms with Crippen molar-refractivity contribution >= 4 is 35.6 Å². The van der Waals surface area contributed by atoms with Gasteiger partial charge in [-0.3, -0.25) is 19.3 Å². The van der Waals surface area contributed by atoms with Crippen LogP contribution in [0.2, 0.25) is 0 Å². The molecule has 0 aromatic heterocycles. The van der Waals surface area contributed by atoms with E-state index >= 15 is 0 Å². The second-order valence-electron chi connectivity index (χ2n) is 12.9. The number of rotatable bonds is 5. The van der Waals surface area contributed by atoms with E-state index in [2.05, 4.69) is 22.8 Å². The molecule has 2 saturated heterocycles. The normalized spacial score (nSPS) is 26.6. The van der Waals surface area contributed by atoms with Gasteiger partial charge in [-0.25, -0.2) is 4.79 Å². The van der Waals surface area contributed by atoms with Crippen molar-refractivity contribution in [3.05, 3.63) is 35.4 Å². The zero-order chi connectivity index (χ0) is 29.4. The minimum absolute atomic E-state index is 0.0817. The molecule has 3 aliphatic rings. The van der Waals surface area contributed by atoms with Gasteiger partial charge in [-0.15, -0.1) is 11.8 Å². The molecule has 9 nitrogen and oxygen atoms in total. The smallest absolute Gasteiger partial charge is 0.410 e. The summed E-state index contributed by atoms with van der Waals surface area (Å²) < 4.78 is 5.39. The highest BCUT2D eigenvalue weighted by atomic mass is 32.2. The molecule has 40 heavy (non-hydrogen) atoms. The SMILES string of the molecule is C[C@@H](C(=O)N[C@H]1CCS[C@H]2CC(C)(C)[C@@H](C(=O)N[C@@H]3CCCc4ccccc43)N2C1=O)N(C)C(=O)OC(C)(C)C. The number of carbonyl (C=O) groups excluding carboxylic acids is 4. The van der Waals surface area contributed by atoms with Crippen molar-refractivity contribution in [2.75, 3.05) is 12.8 Å². The van der Waals surface area contributed by atoms with Crippen LogP contribution in [0.15, 0.2) is 24.3 Å². The monoisotopic (exact) mass is 572 g/mol. The fraction of sp³-hybridized carbons (Fsp3) is 0.667. The Hall–Kier alpha value is -2.75. The number of likely N-dealkylation sites (N-methyl/N-ethyl adjacent to an activating group) is 1. The molecule has 0 bridgehead atoms. The molecular formula is C30H44N4O5S. The molecule has 2 N–H and O–H groups in total. The molecule has 0 saturated carbocycles. The second-order valence-corrected chi connectivity index (χ2v) is 14.2. The number of carbonyl (C=O) groups is 4. The summed E-state index contributed by atoms with van der Waals surface area (Å²) in [5.74, 6) is -0.152. The molecule has 1 aromatic rings. The van der Waals surface area contributed by atoms with Gasteiger partial charge in [0, 0.05) is 7.05 Å². The number of fused-ring (bicyclic) bond motifs is 2. The van der Waals surface area contributed by atoms with Crippen LogP contribution in [0.5, 0.6) is 0 Å². The van der Waals surface area contributed by atoms with Crippen molar-refractivity contribution in [1.82, 2.24) is 20.4 Å². The van der Waals surface area contributed by atoms with Crippen LogP contribution < -0.4 is 10.6 Å². The Labute approximate surface area is 242 Å². The first kappa shape index (κ1) is 30.2. The van der Waals surface area contributed by atoms with E-state index in [4.69, 9.17) is 4.74 Å². The molecule has 2 aliphatic heterocycles. The molecule has 220 valence electrons. The Bertz CT molecular complexity index is 1150. The first-order valence-corrected chi connectivity index (χ1v) is 15.3. The minimum Gasteiger partial charge on any atom is -0.444 e. The van der Waals surface area contributed by atoms with E-state index < -0.39 is 41.1 Å². The van der Waals surface area contributed by atoms with E-state index in [1.54, 1.807) is 44.4 Å². The van der Waals surface area contributed by atoms with Crippen LogP contribution in [0, 0.1) is 5.41 Å². The lowest BCUT2D eigenvalue weighted by molar-refractivity contribution is -0.144. The molecular weight excluding hydrogens is 528 g/mol. The molecule has 2 heterocycles. The predicted octanol–water partition coefficient (Wildman–Crippen LogP) is 4.01. The van der Waals surface area contributed by atoms with E-state index in [1.807, 2.05) is 26.0 Å². The summed E-state index contributed by atoms with van der Waals surface area (Å²) in [6.45, 7) is 11.0. The lowest BCUT2D eigenvalue weighted by atomic mass is 9.83. The summed E-state index contributed by atoms with van der Waals surface area (Å²) in [5, 5.41) is 6.02. The van der Waals surface area contributed by atoms with Crippen LogP contribution >= 0.6 is 11.8 Å². The van der Waals surface area contributed by atoms with E-state index in [1.165, 1.54) is 17.5 Å². The molecule has 5 atom stereocenters. The highest BCUT2D eigenvalue weighted by Gasteiger charge is 2.54. The molecule has 0 spiro atoms. The fourth-order valence-electron chi connectivity index (χ4n) is 5.97. The van der Waals surface area contributed by atoms with Gasteiger partial charge in [0.1, 0.15) is 23.7 Å². The highest BCUT2D eigenvalue weighted by molar-refractivity contribution is 7.99. The molecule has 2 fully saturated rings. The average molecular weight is 573 g/mol. The standard InChI is InChI=1S/C30H44N4O5S/c1-18(33(7)28(38)39-29(2,3)4)25(35)32-22-15-16-40-23-17-30(5,6)24(34(23)27(22)37)26(36)31-21-14-10-12-19-11-8-9-13-20(19)21/h8-9,11,13,18,21-24H,10,12,14-17H2,1-7H3,(H,31,36)(H,32,35)/t18-,21+,22-,23-,24+/m0/s1. The Balaban J connectivity index is 1.49. The van der Waals surface area contributed by atoms with Gasteiger partial charge in [-0.05, 0) is 82.1 Å². The van der Waals surface area contributed by atoms with Crippen LogP contribution in [-0.4, -0.2) is 75.5 Å². The van der Waals surface area contributed by atoms with Crippen molar-refractivity contribution in [1.29, 1.82) is 0 Å². The highest BCUT2D eigenvalue weighted by Crippen LogP contribution is 2.46. The van der Waals surface area contributed by atoms with Crippen molar-refractivity contribution in [3.63, 3.8) is 0 Å². The number of hydrogen-bond donors (Lipinski definition) is 2. The van der Waals surface area contributed by atoms with Gasteiger partial charge in [0.15, 0.2) is 0 Å². The number of nitrogens with zero attached hydrogens (tertiary/aromatic N) is 2. The number of thioether (sulfide) groups is 1. The third-order valence-corrected chi connectivity index (χ3v) is 9.44. The zero-order valence-corrected chi connectivity index (χ0v) is 25.6. The van der Waals surface area contributed by atoms with Crippen LogP contribution in [0.3, 0.4) is 0 Å². The maximum atomic E-state index is 14.0. The number of aryl methyl sites for hydroxylation is 1. The Morgan fingerprint density at radius 2 is 1.82 bits per heavy atom. The summed E-state index contributed by atoms with van der Waals surface area (Å²) >= 11 is 1.66. The van der Waals surface area contributed by atoms with Gasteiger partial charge in [0.25, 0.3) is 0 Å². The fourth-order valence-corrected chi connectivity index (χ4v) is 7.54. The second kappa shape index (κ2) is 11.6. The molecule has 10 heteroatoms. The topological polar surface area (TPSA) is 108 Å². The maximum Gasteiger partial charge on any atom is 0.410 e. The van der Waals surface area contributed by atoms with Gasteiger partial charge >= 0.3 is 6.09 Å². The first-order chi connectivity index (χ1) is 18.7. The number of hydrogen-bond acceptors (Lipinski definition) is 6. The van der Waals surface area contributed by atoms with Crippen LogP contribution in [0.4, 0.5) is 4.79 Å². The van der Waals surface area contributed by atoms with Crippen molar-refractivity contribution in [3.8, 4) is 0 Å². The van der Waals surface area contributed by atoms with E-state index in [-0.39, 0.29) is 23.2 Å². The molecule has 1 aromatic carbocycles. The lowest BCUT2D eigenvalue weighted by Crippen LogP contribution is -2.58. The van der Waals surface area contributed by atoms with Gasteiger partial charge < -0.3 is 20.3 Å². The van der Waals surface area contributed by atoms with E-state index in [9.17, 15) is 19.2 Å². The average Bonchev–Trinajstić information content (AvgIpc) is 3.07. The predicted molar refractivity (Wildman–Crippen MR) is 156 cm³/mol. The summed E-state index contributed by atoms with van der Waals surface area (Å²) in [5.41, 5.74) is 1.29. The summed E-state index contributed by atoms with van der Waals surface area (Å²) in [4.78, 5) is 56.5. The van der Waals surface area contributed by atoms with Crippen LogP contribution in [0.25, 0.3) is 0 Å². The molecule has 4 rings (SSSR count). The molecule has 4 amide bonds. The summed E-state index contributed by atoms with van der Waals surface area (Å²) in [7, 11) is 1.51. The number of benzene rings is 1. The van der Waals surface area contributed by atoms with Gasteiger partial charge in [0.05, 0.1) is 11.4 Å². The van der Waals surface area contributed by atoms with Crippen molar-refractivity contribution in [2.24, 2.45) is 5.41 Å². The van der Waals surface area contributed by atoms with E-state index in [0.29, 0.717) is 18.6 Å². The number of amides is 4. The quantitative estimate of drug-likeness (QED) is 0.552. The maximum absolute atomic E-state index is 14.0. The summed E-state index contributed by atoms with van der Waals surface area (Å²) in [6.07, 6.45) is 3.41. The van der Waals surface area contributed by atoms with Crippen LogP contribution in [0.1, 0.15) is 84.4 Å². The Morgan fingerprint density at radius 3 is 2.52 bits per heavy atom. The Kier molecular flexibility index (Phi) is 8.78. The van der Waals surface area contributed by atoms with Crippen molar-refractivity contribution < 1.29 is 23.9 Å². The molecule has 1 aliphatic carbocycles. The largest absolute Gasteiger partial charge is 0.444 e. The third-order valence-electron chi connectivity index (χ3n) is 8.19. The number of ether oxygens (including phenoxy) is 1. The van der Waals surface area contributed by atoms with Crippen molar-refractivity contribution in [2.45, 2.75) is 109 Å². The van der Waals surface area contributed by atoms with Crippen LogP contribution in [-0.2, 0) is 25.5 Å². The van der Waals surface area contributed by atoms with Gasteiger partial charge in [-0.2, -0.15) is 0 Å². The Morgan fingerprint density at radius 1 is 1.12 bits per heavy atom. The third kappa shape index (κ3) is 6.42. The zero-order valence-electron chi connectivity index (χ0n) is 24.8. The van der Waals surface area contributed by atoms with Gasteiger partial charge in [0.2, 0.25) is 17.7 Å². The molecule has 0 unspecified atom stereocenters. The minimum atomic E-state index is -0.838. The lowest BCUT2D eigenvalue weighted by Gasteiger charge is -2.36. The number of nitrogens with one attached hydrogen (secondary N) is 2. The molecule has 0 radical (unpaired) electrons. The van der Waals surface area contributed by atoms with Gasteiger partial charge in [-0.1, -0.05) is 38.1 Å². The van der Waals surface area contributed by atoms with E-state index in [0.717, 1.165) is 24.8 Å².